The number of nitrogens with one attached hydrogen (secondary N) is 1. The van der Waals surface area contributed by atoms with Crippen LogP contribution >= 0.6 is 34.5 Å². The Morgan fingerprint density at radius 3 is 2.81 bits per heavy atom. The van der Waals surface area contributed by atoms with Gasteiger partial charge < -0.3 is 15.5 Å². The lowest BCUT2D eigenvalue weighted by atomic mass is 9.88. The number of hydrogen-bond donors (Lipinski definition) is 2. The van der Waals surface area contributed by atoms with Crippen LogP contribution in [0.1, 0.15) is 39.9 Å². The largest absolute Gasteiger partial charge is 0.457 e. The Morgan fingerprint density at radius 1 is 1.26 bits per heavy atom. The summed E-state index contributed by atoms with van der Waals surface area (Å²) >= 11 is 13.6. The Hall–Kier alpha value is -2.54. The van der Waals surface area contributed by atoms with Gasteiger partial charge in [-0.2, -0.15) is 0 Å². The number of rotatable bonds is 5. The number of thiophene rings is 1. The van der Waals surface area contributed by atoms with Crippen molar-refractivity contribution in [1.29, 1.82) is 0 Å². The molecule has 1 aromatic carbocycles. The lowest BCUT2D eigenvalue weighted by molar-refractivity contribution is -0.111. The molecule has 0 fully saturated rings. The van der Waals surface area contributed by atoms with Gasteiger partial charge in [0.05, 0.1) is 10.6 Å². The highest BCUT2D eigenvalue weighted by Crippen LogP contribution is 2.39. The minimum atomic E-state index is -0.512. The second-order valence-electron chi connectivity index (χ2n) is 7.57. The van der Waals surface area contributed by atoms with Crippen molar-refractivity contribution in [3.8, 4) is 11.3 Å². The van der Waals surface area contributed by atoms with Crippen LogP contribution in [0.5, 0.6) is 0 Å². The third kappa shape index (κ3) is 4.71. The Kier molecular flexibility index (Phi) is 6.23. The van der Waals surface area contributed by atoms with Crippen molar-refractivity contribution in [3.05, 3.63) is 68.2 Å². The van der Waals surface area contributed by atoms with E-state index in [-0.39, 0.29) is 5.91 Å². The highest BCUT2D eigenvalue weighted by Gasteiger charge is 2.27. The van der Waals surface area contributed by atoms with Crippen LogP contribution in [0.4, 0.5) is 5.00 Å². The van der Waals surface area contributed by atoms with Crippen molar-refractivity contribution in [2.75, 3.05) is 5.32 Å². The molecule has 3 N–H and O–H groups in total. The third-order valence-electron chi connectivity index (χ3n) is 5.22. The monoisotopic (exact) mass is 474 g/mol. The van der Waals surface area contributed by atoms with E-state index >= 15 is 0 Å². The number of benzene rings is 1. The molecule has 8 heteroatoms. The number of carbonyl (C=O) groups is 2. The maximum atomic E-state index is 12.5. The van der Waals surface area contributed by atoms with Gasteiger partial charge in [0.25, 0.3) is 5.91 Å². The molecule has 160 valence electrons. The Balaban J connectivity index is 1.50. The number of hydrogen-bond acceptors (Lipinski definition) is 4. The molecule has 1 atom stereocenters. The summed E-state index contributed by atoms with van der Waals surface area (Å²) in [7, 11) is 0. The van der Waals surface area contributed by atoms with Gasteiger partial charge in [0, 0.05) is 21.5 Å². The Bertz CT molecular complexity index is 1200. The normalized spacial score (nSPS) is 15.8. The lowest BCUT2D eigenvalue weighted by Gasteiger charge is -2.18. The van der Waals surface area contributed by atoms with Crippen LogP contribution in [0, 0.1) is 5.92 Å². The molecule has 5 nitrogen and oxygen atoms in total. The first-order chi connectivity index (χ1) is 14.8. The minimum absolute atomic E-state index is 0.364. The number of nitrogens with two attached hydrogens (primary N) is 1. The van der Waals surface area contributed by atoms with Crippen LogP contribution in [0.15, 0.2) is 40.8 Å². The first-order valence-corrected chi connectivity index (χ1v) is 11.4. The number of fused-ring (bicyclic) bond motifs is 1. The molecule has 31 heavy (non-hydrogen) atoms. The van der Waals surface area contributed by atoms with Crippen LogP contribution in [0.3, 0.4) is 0 Å². The highest BCUT2D eigenvalue weighted by atomic mass is 35.5. The minimum Gasteiger partial charge on any atom is -0.457 e. The topological polar surface area (TPSA) is 85.3 Å². The lowest BCUT2D eigenvalue weighted by Crippen LogP contribution is -2.18. The summed E-state index contributed by atoms with van der Waals surface area (Å²) in [5, 5.41) is 4.33. The molecule has 2 heterocycles. The molecule has 2 aromatic heterocycles. The average Bonchev–Trinajstić information content (AvgIpc) is 3.30. The maximum absolute atomic E-state index is 12.5. The summed E-state index contributed by atoms with van der Waals surface area (Å²) in [6, 6.07) is 8.65. The SMILES string of the molecule is C[C@@H]1CCc2c(sc(NC(=O)/C=C/c3ccc(-c4ccc(Cl)cc4Cl)o3)c2C(N)=O)C1. The van der Waals surface area contributed by atoms with Gasteiger partial charge in [-0.1, -0.05) is 30.1 Å². The zero-order valence-electron chi connectivity index (χ0n) is 16.7. The van der Waals surface area contributed by atoms with Gasteiger partial charge in [-0.05, 0) is 67.2 Å². The van der Waals surface area contributed by atoms with Crippen LogP contribution in [-0.2, 0) is 17.6 Å². The van der Waals surface area contributed by atoms with Crippen LogP contribution < -0.4 is 11.1 Å². The zero-order chi connectivity index (χ0) is 22.1. The fraction of sp³-hybridized carbons (Fsp3) is 0.217. The van der Waals surface area contributed by atoms with E-state index in [9.17, 15) is 9.59 Å². The van der Waals surface area contributed by atoms with Crippen LogP contribution in [0.25, 0.3) is 17.4 Å². The summed E-state index contributed by atoms with van der Waals surface area (Å²) in [5.41, 5.74) is 7.72. The second kappa shape index (κ2) is 8.91. The van der Waals surface area contributed by atoms with E-state index in [1.807, 2.05) is 0 Å². The van der Waals surface area contributed by atoms with Crippen molar-refractivity contribution in [2.24, 2.45) is 11.7 Å². The molecule has 0 spiro atoms. The van der Waals surface area contributed by atoms with Crippen LogP contribution in [-0.4, -0.2) is 11.8 Å². The van der Waals surface area contributed by atoms with E-state index in [1.165, 1.54) is 17.4 Å². The number of anilines is 1. The molecule has 3 aromatic rings. The second-order valence-corrected chi connectivity index (χ2v) is 9.52. The van der Waals surface area contributed by atoms with Gasteiger partial charge in [0.1, 0.15) is 16.5 Å². The fourth-order valence-corrected chi connectivity index (χ4v) is 5.61. The Labute approximate surface area is 193 Å². The molecule has 0 aliphatic heterocycles. The number of halogens is 2. The molecular weight excluding hydrogens is 455 g/mol. The quantitative estimate of drug-likeness (QED) is 0.432. The van der Waals surface area contributed by atoms with E-state index in [0.717, 1.165) is 29.7 Å². The van der Waals surface area contributed by atoms with E-state index in [1.54, 1.807) is 36.4 Å². The molecule has 2 amide bonds. The first-order valence-electron chi connectivity index (χ1n) is 9.80. The van der Waals surface area contributed by atoms with Gasteiger partial charge in [0.15, 0.2) is 0 Å². The van der Waals surface area contributed by atoms with Crippen molar-refractivity contribution in [1.82, 2.24) is 0 Å². The van der Waals surface area contributed by atoms with Crippen molar-refractivity contribution < 1.29 is 14.0 Å². The molecule has 1 aliphatic rings. The van der Waals surface area contributed by atoms with E-state index in [2.05, 4.69) is 12.2 Å². The number of furan rings is 1. The van der Waals surface area contributed by atoms with Crippen LogP contribution in [0.2, 0.25) is 10.0 Å². The number of primary amides is 1. The van der Waals surface area contributed by atoms with Gasteiger partial charge in [-0.25, -0.2) is 0 Å². The summed E-state index contributed by atoms with van der Waals surface area (Å²) < 4.78 is 5.77. The average molecular weight is 475 g/mol. The molecule has 0 saturated heterocycles. The predicted octanol–water partition coefficient (Wildman–Crippen LogP) is 6.19. The molecule has 4 rings (SSSR count). The third-order valence-corrected chi connectivity index (χ3v) is 6.93. The highest BCUT2D eigenvalue weighted by molar-refractivity contribution is 7.17. The standard InChI is InChI=1S/C23H20Cl2N2O3S/c1-12-2-6-16-19(10-12)31-23(21(16)22(26)29)27-20(28)9-5-14-4-8-18(30-14)15-7-3-13(24)11-17(15)25/h3-5,7-9,11-12H,2,6,10H2,1H3,(H2,26,29)(H,27,28)/b9-5+/t12-/m1/s1. The number of carbonyl (C=O) groups excluding carboxylic acids is 2. The summed E-state index contributed by atoms with van der Waals surface area (Å²) in [6.07, 6.45) is 5.63. The van der Waals surface area contributed by atoms with Crippen molar-refractivity contribution >= 4 is 57.4 Å². The smallest absolute Gasteiger partial charge is 0.251 e. The number of amides is 2. The molecule has 0 radical (unpaired) electrons. The predicted molar refractivity (Wildman–Crippen MR) is 126 cm³/mol. The van der Waals surface area contributed by atoms with Gasteiger partial charge >= 0.3 is 0 Å². The summed E-state index contributed by atoms with van der Waals surface area (Å²) in [5.74, 6) is 0.736. The summed E-state index contributed by atoms with van der Waals surface area (Å²) in [4.78, 5) is 25.6. The molecule has 1 aliphatic carbocycles. The fourth-order valence-electron chi connectivity index (χ4n) is 3.69. The Morgan fingerprint density at radius 2 is 2.06 bits per heavy atom. The van der Waals surface area contributed by atoms with Crippen molar-refractivity contribution in [2.45, 2.75) is 26.2 Å². The molecular formula is C23H20Cl2N2O3S. The molecule has 0 unspecified atom stereocenters. The van der Waals surface area contributed by atoms with Gasteiger partial charge in [-0.15, -0.1) is 11.3 Å². The maximum Gasteiger partial charge on any atom is 0.251 e. The van der Waals surface area contributed by atoms with E-state index < -0.39 is 5.91 Å². The van der Waals surface area contributed by atoms with Crippen molar-refractivity contribution in [3.63, 3.8) is 0 Å². The molecule has 0 saturated carbocycles. The first kappa shape index (κ1) is 21.7. The van der Waals surface area contributed by atoms with Gasteiger partial charge in [0.2, 0.25) is 5.91 Å². The zero-order valence-corrected chi connectivity index (χ0v) is 19.0. The molecule has 0 bridgehead atoms. The van der Waals surface area contributed by atoms with E-state index in [0.29, 0.717) is 43.6 Å². The summed E-state index contributed by atoms with van der Waals surface area (Å²) in [6.45, 7) is 2.18. The van der Waals surface area contributed by atoms with Gasteiger partial charge in [-0.3, -0.25) is 9.59 Å². The van der Waals surface area contributed by atoms with E-state index in [4.69, 9.17) is 33.4 Å².